The Morgan fingerprint density at radius 1 is 1.32 bits per heavy atom. The van der Waals surface area contributed by atoms with Gasteiger partial charge in [0.05, 0.1) is 0 Å². The van der Waals surface area contributed by atoms with Crippen molar-refractivity contribution in [2.45, 2.75) is 39.2 Å². The summed E-state index contributed by atoms with van der Waals surface area (Å²) in [7, 11) is 1.76. The Morgan fingerprint density at radius 3 is 2.84 bits per heavy atom. The number of rotatable bonds is 9. The van der Waals surface area contributed by atoms with Gasteiger partial charge in [0.1, 0.15) is 0 Å². The molecule has 1 aliphatic rings. The van der Waals surface area contributed by atoms with Crippen LogP contribution in [0.5, 0.6) is 0 Å². The van der Waals surface area contributed by atoms with Crippen LogP contribution >= 0.6 is 0 Å². The van der Waals surface area contributed by atoms with Gasteiger partial charge in [-0.25, -0.2) is 0 Å². The van der Waals surface area contributed by atoms with Crippen molar-refractivity contribution in [2.24, 2.45) is 10.9 Å². The Balaban J connectivity index is 1.75. The highest BCUT2D eigenvalue weighted by atomic mass is 16.5. The first-order valence-corrected chi connectivity index (χ1v) is 9.15. The topological polar surface area (TPSA) is 74.8 Å². The zero-order chi connectivity index (χ0) is 17.9. The predicted molar refractivity (Wildman–Crippen MR) is 102 cm³/mol. The lowest BCUT2D eigenvalue weighted by molar-refractivity contribution is -0.122. The molecule has 25 heavy (non-hydrogen) atoms. The Hall–Kier alpha value is -2.08. The molecule has 0 heterocycles. The minimum absolute atomic E-state index is 0.142. The summed E-state index contributed by atoms with van der Waals surface area (Å²) in [6, 6.07) is 7.94. The smallest absolute Gasteiger partial charge is 0.227 e. The molecule has 1 aromatic carbocycles. The van der Waals surface area contributed by atoms with Gasteiger partial charge in [-0.3, -0.25) is 9.79 Å². The molecular weight excluding hydrogens is 316 g/mol. The van der Waals surface area contributed by atoms with E-state index in [1.807, 2.05) is 31.2 Å². The number of anilines is 1. The van der Waals surface area contributed by atoms with Crippen molar-refractivity contribution in [3.63, 3.8) is 0 Å². The number of guanidine groups is 1. The molecule has 0 aliphatic heterocycles. The number of benzene rings is 1. The molecule has 1 amide bonds. The summed E-state index contributed by atoms with van der Waals surface area (Å²) in [5.74, 6) is 1.10. The molecule has 6 heteroatoms. The number of nitrogens with zero attached hydrogens (tertiary/aromatic N) is 1. The van der Waals surface area contributed by atoms with Crippen LogP contribution < -0.4 is 16.0 Å². The van der Waals surface area contributed by atoms with Gasteiger partial charge in [-0.05, 0) is 43.9 Å². The highest BCUT2D eigenvalue weighted by molar-refractivity contribution is 5.93. The monoisotopic (exact) mass is 346 g/mol. The Kier molecular flexibility index (Phi) is 8.25. The first-order valence-electron chi connectivity index (χ1n) is 9.15. The van der Waals surface area contributed by atoms with Gasteiger partial charge in [0.25, 0.3) is 0 Å². The van der Waals surface area contributed by atoms with E-state index in [1.54, 1.807) is 7.05 Å². The SMILES string of the molecule is CCOCCCNC(=NC)NCc1cccc(NC(=O)C2CCC2)c1. The quantitative estimate of drug-likeness (QED) is 0.365. The fourth-order valence-corrected chi connectivity index (χ4v) is 2.61. The van der Waals surface area contributed by atoms with Crippen molar-refractivity contribution in [3.05, 3.63) is 29.8 Å². The van der Waals surface area contributed by atoms with Crippen LogP contribution in [0.25, 0.3) is 0 Å². The highest BCUT2D eigenvalue weighted by Gasteiger charge is 2.25. The van der Waals surface area contributed by atoms with Crippen molar-refractivity contribution in [2.75, 3.05) is 32.1 Å². The zero-order valence-corrected chi connectivity index (χ0v) is 15.3. The first kappa shape index (κ1) is 19.2. The fraction of sp³-hybridized carbons (Fsp3) is 0.579. The third kappa shape index (κ3) is 6.74. The number of amides is 1. The molecular formula is C19H30N4O2. The van der Waals surface area contributed by atoms with Crippen LogP contribution in [0.1, 0.15) is 38.2 Å². The van der Waals surface area contributed by atoms with Crippen LogP contribution in [0.3, 0.4) is 0 Å². The van der Waals surface area contributed by atoms with E-state index in [2.05, 4.69) is 20.9 Å². The molecule has 0 saturated heterocycles. The molecule has 1 aliphatic carbocycles. The van der Waals surface area contributed by atoms with Crippen LogP contribution in [0.15, 0.2) is 29.3 Å². The summed E-state index contributed by atoms with van der Waals surface area (Å²) in [5, 5.41) is 9.57. The van der Waals surface area contributed by atoms with E-state index >= 15 is 0 Å². The summed E-state index contributed by atoms with van der Waals surface area (Å²) in [5.41, 5.74) is 1.96. The number of carbonyl (C=O) groups is 1. The number of ether oxygens (including phenoxy) is 1. The van der Waals surface area contributed by atoms with Gasteiger partial charge < -0.3 is 20.7 Å². The van der Waals surface area contributed by atoms with Gasteiger partial charge in [-0.2, -0.15) is 0 Å². The minimum atomic E-state index is 0.142. The van der Waals surface area contributed by atoms with E-state index in [1.165, 1.54) is 6.42 Å². The Morgan fingerprint density at radius 2 is 2.16 bits per heavy atom. The van der Waals surface area contributed by atoms with Crippen molar-refractivity contribution in [1.82, 2.24) is 10.6 Å². The molecule has 1 aromatic rings. The van der Waals surface area contributed by atoms with E-state index < -0.39 is 0 Å². The Labute approximate surface area is 150 Å². The summed E-state index contributed by atoms with van der Waals surface area (Å²) < 4.78 is 5.32. The summed E-state index contributed by atoms with van der Waals surface area (Å²) >= 11 is 0. The maximum Gasteiger partial charge on any atom is 0.227 e. The standard InChI is InChI=1S/C19H30N4O2/c1-3-25-12-6-11-21-19(20-2)22-14-15-7-4-10-17(13-15)23-18(24)16-8-5-9-16/h4,7,10,13,16H,3,5-6,8-9,11-12,14H2,1-2H3,(H,23,24)(H2,20,21,22). The summed E-state index contributed by atoms with van der Waals surface area (Å²) in [6.45, 7) is 4.97. The van der Waals surface area contributed by atoms with Crippen LogP contribution in [-0.4, -0.2) is 38.7 Å². The Bertz CT molecular complexity index is 570. The van der Waals surface area contributed by atoms with Gasteiger partial charge >= 0.3 is 0 Å². The average molecular weight is 346 g/mol. The number of aliphatic imine (C=N–C) groups is 1. The second-order valence-corrected chi connectivity index (χ2v) is 6.22. The fourth-order valence-electron chi connectivity index (χ4n) is 2.61. The molecule has 1 saturated carbocycles. The van der Waals surface area contributed by atoms with Gasteiger partial charge in [0, 0.05) is 45.0 Å². The van der Waals surface area contributed by atoms with Crippen molar-refractivity contribution in [1.29, 1.82) is 0 Å². The van der Waals surface area contributed by atoms with Crippen LogP contribution in [0.4, 0.5) is 5.69 Å². The van der Waals surface area contributed by atoms with E-state index in [4.69, 9.17) is 4.74 Å². The second kappa shape index (κ2) is 10.7. The van der Waals surface area contributed by atoms with Gasteiger partial charge in [-0.15, -0.1) is 0 Å². The molecule has 0 spiro atoms. The number of hydrogen-bond donors (Lipinski definition) is 3. The van der Waals surface area contributed by atoms with Crippen LogP contribution in [-0.2, 0) is 16.1 Å². The van der Waals surface area contributed by atoms with E-state index in [0.29, 0.717) is 6.54 Å². The third-order valence-electron chi connectivity index (χ3n) is 4.32. The van der Waals surface area contributed by atoms with Gasteiger partial charge in [-0.1, -0.05) is 18.6 Å². The number of carbonyl (C=O) groups excluding carboxylic acids is 1. The minimum Gasteiger partial charge on any atom is -0.382 e. The second-order valence-electron chi connectivity index (χ2n) is 6.22. The molecule has 0 radical (unpaired) electrons. The normalized spacial score (nSPS) is 14.7. The molecule has 0 bridgehead atoms. The van der Waals surface area contributed by atoms with E-state index in [-0.39, 0.29) is 11.8 Å². The lowest BCUT2D eigenvalue weighted by atomic mass is 9.85. The molecule has 2 rings (SSSR count). The molecule has 0 atom stereocenters. The molecule has 3 N–H and O–H groups in total. The number of hydrogen-bond acceptors (Lipinski definition) is 3. The molecule has 0 aromatic heterocycles. The molecule has 6 nitrogen and oxygen atoms in total. The van der Waals surface area contributed by atoms with Gasteiger partial charge in [0.15, 0.2) is 5.96 Å². The molecule has 1 fully saturated rings. The van der Waals surface area contributed by atoms with E-state index in [9.17, 15) is 4.79 Å². The highest BCUT2D eigenvalue weighted by Crippen LogP contribution is 2.27. The van der Waals surface area contributed by atoms with Crippen molar-refractivity contribution in [3.8, 4) is 0 Å². The molecule has 0 unspecified atom stereocenters. The van der Waals surface area contributed by atoms with Crippen LogP contribution in [0.2, 0.25) is 0 Å². The lowest BCUT2D eigenvalue weighted by Crippen LogP contribution is -2.37. The first-order chi connectivity index (χ1) is 12.2. The third-order valence-corrected chi connectivity index (χ3v) is 4.32. The van der Waals surface area contributed by atoms with E-state index in [0.717, 1.165) is 56.2 Å². The predicted octanol–water partition coefficient (Wildman–Crippen LogP) is 2.52. The van der Waals surface area contributed by atoms with Crippen molar-refractivity contribution >= 4 is 17.6 Å². The zero-order valence-electron chi connectivity index (χ0n) is 15.3. The summed E-state index contributed by atoms with van der Waals surface area (Å²) in [4.78, 5) is 16.3. The molecule has 138 valence electrons. The maximum atomic E-state index is 12.0. The summed E-state index contributed by atoms with van der Waals surface area (Å²) in [6.07, 6.45) is 4.13. The lowest BCUT2D eigenvalue weighted by Gasteiger charge is -2.24. The van der Waals surface area contributed by atoms with Crippen molar-refractivity contribution < 1.29 is 9.53 Å². The maximum absolute atomic E-state index is 12.0. The number of nitrogens with one attached hydrogen (secondary N) is 3. The largest absolute Gasteiger partial charge is 0.382 e. The average Bonchev–Trinajstić information content (AvgIpc) is 2.56. The van der Waals surface area contributed by atoms with Gasteiger partial charge in [0.2, 0.25) is 5.91 Å². The van der Waals surface area contributed by atoms with Crippen LogP contribution in [0, 0.1) is 5.92 Å².